The first-order chi connectivity index (χ1) is 10.2. The SMILES string of the molecule is CC(=O)OCc1oc(OC(C)=O)c(OC(C)=O)c1OC(C)=O. The van der Waals surface area contributed by atoms with Crippen LogP contribution >= 0.6 is 0 Å². The average molecular weight is 314 g/mol. The van der Waals surface area contributed by atoms with Gasteiger partial charge in [-0.25, -0.2) is 0 Å². The highest BCUT2D eigenvalue weighted by Crippen LogP contribution is 2.44. The summed E-state index contributed by atoms with van der Waals surface area (Å²) in [7, 11) is 0. The van der Waals surface area contributed by atoms with Gasteiger partial charge in [0.05, 0.1) is 0 Å². The molecular weight excluding hydrogens is 300 g/mol. The summed E-state index contributed by atoms with van der Waals surface area (Å²) in [5, 5.41) is 0. The number of rotatable bonds is 5. The van der Waals surface area contributed by atoms with Crippen molar-refractivity contribution in [2.75, 3.05) is 0 Å². The van der Waals surface area contributed by atoms with Gasteiger partial charge in [0.25, 0.3) is 5.75 Å². The highest BCUT2D eigenvalue weighted by molar-refractivity contribution is 5.77. The van der Waals surface area contributed by atoms with Gasteiger partial charge in [0, 0.05) is 27.7 Å². The molecule has 0 aliphatic carbocycles. The Morgan fingerprint density at radius 3 is 1.73 bits per heavy atom. The quantitative estimate of drug-likeness (QED) is 0.736. The van der Waals surface area contributed by atoms with Crippen molar-refractivity contribution in [2.45, 2.75) is 34.3 Å². The Hall–Kier alpha value is -2.84. The molecule has 0 amide bonds. The summed E-state index contributed by atoms with van der Waals surface area (Å²) in [4.78, 5) is 44.2. The maximum absolute atomic E-state index is 11.2. The summed E-state index contributed by atoms with van der Waals surface area (Å²) in [6.45, 7) is 4.04. The molecule has 1 aromatic heterocycles. The average Bonchev–Trinajstić information content (AvgIpc) is 2.63. The van der Waals surface area contributed by atoms with E-state index in [0.717, 1.165) is 27.7 Å². The zero-order valence-corrected chi connectivity index (χ0v) is 12.4. The van der Waals surface area contributed by atoms with Crippen LogP contribution in [-0.2, 0) is 30.5 Å². The third-order valence-electron chi connectivity index (χ3n) is 2.00. The Morgan fingerprint density at radius 1 is 0.773 bits per heavy atom. The van der Waals surface area contributed by atoms with Crippen LogP contribution in [0, 0.1) is 0 Å². The van der Waals surface area contributed by atoms with E-state index in [0.29, 0.717) is 0 Å². The van der Waals surface area contributed by atoms with Crippen LogP contribution < -0.4 is 14.2 Å². The van der Waals surface area contributed by atoms with Gasteiger partial charge in [-0.15, -0.1) is 0 Å². The predicted octanol–water partition coefficient (Wildman–Crippen LogP) is 1.12. The molecule has 120 valence electrons. The van der Waals surface area contributed by atoms with Gasteiger partial charge < -0.3 is 23.4 Å². The van der Waals surface area contributed by atoms with Gasteiger partial charge in [0.1, 0.15) is 0 Å². The van der Waals surface area contributed by atoms with Crippen molar-refractivity contribution in [3.63, 3.8) is 0 Å². The molecule has 0 bridgehead atoms. The first-order valence-electron chi connectivity index (χ1n) is 6.05. The number of furan rings is 1. The van der Waals surface area contributed by atoms with E-state index < -0.39 is 36.4 Å². The largest absolute Gasteiger partial charge is 0.458 e. The van der Waals surface area contributed by atoms with Crippen molar-refractivity contribution < 1.29 is 42.5 Å². The summed E-state index contributed by atoms with van der Waals surface area (Å²) in [6, 6.07) is 0. The van der Waals surface area contributed by atoms with Crippen LogP contribution in [0.15, 0.2) is 4.42 Å². The first-order valence-corrected chi connectivity index (χ1v) is 6.05. The standard InChI is InChI=1S/C13H14O9/c1-6(14)18-5-10-11(19-7(2)15)12(20-8(3)16)13(22-10)21-9(4)17/h5H2,1-4H3. The van der Waals surface area contributed by atoms with Gasteiger partial charge in [-0.1, -0.05) is 0 Å². The van der Waals surface area contributed by atoms with Crippen LogP contribution in [0.25, 0.3) is 0 Å². The highest BCUT2D eigenvalue weighted by atomic mass is 16.7. The predicted molar refractivity (Wildman–Crippen MR) is 68.1 cm³/mol. The molecule has 0 aromatic carbocycles. The van der Waals surface area contributed by atoms with Crippen LogP contribution in [0.4, 0.5) is 0 Å². The third-order valence-corrected chi connectivity index (χ3v) is 2.00. The fraction of sp³-hybridized carbons (Fsp3) is 0.385. The monoisotopic (exact) mass is 314 g/mol. The van der Waals surface area contributed by atoms with Crippen LogP contribution in [-0.4, -0.2) is 23.9 Å². The van der Waals surface area contributed by atoms with E-state index in [2.05, 4.69) is 0 Å². The molecule has 0 spiro atoms. The molecule has 0 aliphatic heterocycles. The molecule has 9 nitrogen and oxygen atoms in total. The first kappa shape index (κ1) is 17.2. The lowest BCUT2D eigenvalue weighted by Gasteiger charge is -2.05. The Bertz CT molecular complexity index is 611. The van der Waals surface area contributed by atoms with Crippen molar-refractivity contribution in [2.24, 2.45) is 0 Å². The molecular formula is C13H14O9. The van der Waals surface area contributed by atoms with Crippen LogP contribution in [0.3, 0.4) is 0 Å². The van der Waals surface area contributed by atoms with Crippen molar-refractivity contribution in [3.05, 3.63) is 5.76 Å². The Balaban J connectivity index is 3.30. The van der Waals surface area contributed by atoms with E-state index in [9.17, 15) is 19.2 Å². The van der Waals surface area contributed by atoms with Crippen molar-refractivity contribution in [1.82, 2.24) is 0 Å². The van der Waals surface area contributed by atoms with Gasteiger partial charge in [-0.2, -0.15) is 0 Å². The Morgan fingerprint density at radius 2 is 1.27 bits per heavy atom. The molecule has 0 radical (unpaired) electrons. The Labute approximate surface area is 125 Å². The molecule has 1 rings (SSSR count). The summed E-state index contributed by atoms with van der Waals surface area (Å²) in [6.07, 6.45) is 0. The second-order valence-corrected chi connectivity index (χ2v) is 4.03. The molecule has 0 atom stereocenters. The van der Waals surface area contributed by atoms with E-state index >= 15 is 0 Å². The van der Waals surface area contributed by atoms with Gasteiger partial charge in [0.2, 0.25) is 5.75 Å². The minimum Gasteiger partial charge on any atom is -0.458 e. The van der Waals surface area contributed by atoms with Gasteiger partial charge in [0.15, 0.2) is 12.4 Å². The highest BCUT2D eigenvalue weighted by Gasteiger charge is 2.29. The maximum Gasteiger partial charge on any atom is 0.341 e. The van der Waals surface area contributed by atoms with Gasteiger partial charge >= 0.3 is 29.8 Å². The van der Waals surface area contributed by atoms with E-state index in [1.165, 1.54) is 0 Å². The molecule has 0 fully saturated rings. The second kappa shape index (κ2) is 7.25. The smallest absolute Gasteiger partial charge is 0.341 e. The molecule has 22 heavy (non-hydrogen) atoms. The lowest BCUT2D eigenvalue weighted by molar-refractivity contribution is -0.143. The zero-order chi connectivity index (χ0) is 16.9. The number of hydrogen-bond acceptors (Lipinski definition) is 9. The van der Waals surface area contributed by atoms with Crippen LogP contribution in [0.2, 0.25) is 0 Å². The minimum absolute atomic E-state index is 0.155. The fourth-order valence-electron chi connectivity index (χ4n) is 1.36. The van der Waals surface area contributed by atoms with Crippen molar-refractivity contribution in [3.8, 4) is 17.4 Å². The molecule has 0 saturated heterocycles. The van der Waals surface area contributed by atoms with Gasteiger partial charge in [-0.05, 0) is 0 Å². The fourth-order valence-corrected chi connectivity index (χ4v) is 1.36. The number of carbonyl (C=O) groups excluding carboxylic acids is 4. The normalized spacial score (nSPS) is 9.82. The summed E-state index contributed by atoms with van der Waals surface area (Å²) >= 11 is 0. The van der Waals surface area contributed by atoms with E-state index in [-0.39, 0.29) is 17.3 Å². The molecule has 0 unspecified atom stereocenters. The topological polar surface area (TPSA) is 118 Å². The Kier molecular flexibility index (Phi) is 5.67. The molecule has 1 heterocycles. The number of esters is 4. The number of carbonyl (C=O) groups is 4. The molecule has 1 aromatic rings. The molecule has 0 N–H and O–H groups in total. The lowest BCUT2D eigenvalue weighted by atomic mass is 10.4. The zero-order valence-electron chi connectivity index (χ0n) is 12.4. The maximum atomic E-state index is 11.2. The lowest BCUT2D eigenvalue weighted by Crippen LogP contribution is -2.09. The van der Waals surface area contributed by atoms with E-state index in [1.807, 2.05) is 0 Å². The van der Waals surface area contributed by atoms with Crippen molar-refractivity contribution >= 4 is 23.9 Å². The summed E-state index contributed by atoms with van der Waals surface area (Å²) < 4.78 is 24.3. The molecule has 0 saturated carbocycles. The van der Waals surface area contributed by atoms with E-state index in [4.69, 9.17) is 23.4 Å². The minimum atomic E-state index is -0.762. The molecule has 9 heteroatoms. The number of ether oxygens (including phenoxy) is 4. The third kappa shape index (κ3) is 4.93. The number of hydrogen-bond donors (Lipinski definition) is 0. The van der Waals surface area contributed by atoms with E-state index in [1.54, 1.807) is 0 Å². The second-order valence-electron chi connectivity index (χ2n) is 4.03. The van der Waals surface area contributed by atoms with Gasteiger partial charge in [-0.3, -0.25) is 19.2 Å². The summed E-state index contributed by atoms with van der Waals surface area (Å²) in [5.41, 5.74) is 0. The molecule has 0 aliphatic rings. The van der Waals surface area contributed by atoms with Crippen LogP contribution in [0.1, 0.15) is 33.5 Å². The van der Waals surface area contributed by atoms with Crippen LogP contribution in [0.5, 0.6) is 17.4 Å². The van der Waals surface area contributed by atoms with Crippen molar-refractivity contribution in [1.29, 1.82) is 0 Å². The summed E-state index contributed by atoms with van der Waals surface area (Å²) in [5.74, 6) is -4.21.